The lowest BCUT2D eigenvalue weighted by Crippen LogP contribution is -2.60. The average molecular weight is 345 g/mol. The maximum atomic E-state index is 11.0. The molecule has 0 unspecified atom stereocenters. The SMILES string of the molecule is O=C(O)c1ccc([N+](=O)[O-])c(O[C@@H]2O[C@H](CO)[C@H](O)[C@H](O)[C@H]2O)c1. The van der Waals surface area contributed by atoms with Gasteiger partial charge in [0.2, 0.25) is 12.0 Å². The van der Waals surface area contributed by atoms with Crippen LogP contribution in [-0.4, -0.2) is 73.7 Å². The minimum absolute atomic E-state index is 0.305. The number of rotatable bonds is 5. The first-order valence-electron chi connectivity index (χ1n) is 6.75. The van der Waals surface area contributed by atoms with Crippen LogP contribution in [0.5, 0.6) is 5.75 Å². The van der Waals surface area contributed by atoms with Gasteiger partial charge in [0.1, 0.15) is 24.4 Å². The fourth-order valence-electron chi connectivity index (χ4n) is 2.18. The van der Waals surface area contributed by atoms with Crippen LogP contribution >= 0.6 is 0 Å². The van der Waals surface area contributed by atoms with Crippen LogP contribution < -0.4 is 4.74 Å². The molecule has 24 heavy (non-hydrogen) atoms. The summed E-state index contributed by atoms with van der Waals surface area (Å²) in [5, 5.41) is 58.2. The molecule has 1 aromatic carbocycles. The molecule has 0 spiro atoms. The van der Waals surface area contributed by atoms with Crippen LogP contribution in [0.2, 0.25) is 0 Å². The molecule has 2 rings (SSSR count). The second kappa shape index (κ2) is 7.07. The lowest BCUT2D eigenvalue weighted by Gasteiger charge is -2.39. The number of aliphatic hydroxyl groups is 4. The Morgan fingerprint density at radius 1 is 1.25 bits per heavy atom. The van der Waals surface area contributed by atoms with Crippen molar-refractivity contribution in [1.82, 2.24) is 0 Å². The minimum atomic E-state index is -1.78. The van der Waals surface area contributed by atoms with Gasteiger partial charge in [-0.3, -0.25) is 10.1 Å². The van der Waals surface area contributed by atoms with Gasteiger partial charge in [-0.1, -0.05) is 0 Å². The first-order chi connectivity index (χ1) is 11.3. The number of hydrogen-bond donors (Lipinski definition) is 5. The second-order valence-corrected chi connectivity index (χ2v) is 5.06. The summed E-state index contributed by atoms with van der Waals surface area (Å²) in [6.07, 6.45) is -8.07. The largest absolute Gasteiger partial charge is 0.478 e. The Kier molecular flexibility index (Phi) is 5.31. The van der Waals surface area contributed by atoms with E-state index in [9.17, 15) is 30.2 Å². The molecule has 1 aliphatic heterocycles. The number of nitro benzene ring substituents is 1. The van der Waals surface area contributed by atoms with Crippen LogP contribution in [0.15, 0.2) is 18.2 Å². The molecule has 1 fully saturated rings. The fourth-order valence-corrected chi connectivity index (χ4v) is 2.18. The van der Waals surface area contributed by atoms with Crippen LogP contribution in [0, 0.1) is 10.1 Å². The van der Waals surface area contributed by atoms with Gasteiger partial charge < -0.3 is 35.0 Å². The van der Waals surface area contributed by atoms with Crippen molar-refractivity contribution in [2.45, 2.75) is 30.7 Å². The number of carboxylic acid groups (broad SMARTS) is 1. The van der Waals surface area contributed by atoms with Crippen LogP contribution in [0.25, 0.3) is 0 Å². The molecule has 132 valence electrons. The van der Waals surface area contributed by atoms with Crippen molar-refractivity contribution >= 4 is 11.7 Å². The third-order valence-electron chi connectivity index (χ3n) is 3.50. The highest BCUT2D eigenvalue weighted by atomic mass is 16.7. The van der Waals surface area contributed by atoms with Gasteiger partial charge in [-0.25, -0.2) is 4.79 Å². The van der Waals surface area contributed by atoms with Crippen molar-refractivity contribution in [2.75, 3.05) is 6.61 Å². The second-order valence-electron chi connectivity index (χ2n) is 5.06. The molecule has 1 saturated heterocycles. The number of carbonyl (C=O) groups is 1. The summed E-state index contributed by atoms with van der Waals surface area (Å²) in [5.74, 6) is -1.87. The van der Waals surface area contributed by atoms with Crippen molar-refractivity contribution in [3.63, 3.8) is 0 Å². The zero-order valence-electron chi connectivity index (χ0n) is 12.1. The lowest BCUT2D eigenvalue weighted by molar-refractivity contribution is -0.387. The Morgan fingerprint density at radius 3 is 2.46 bits per heavy atom. The molecule has 0 radical (unpaired) electrons. The van der Waals surface area contributed by atoms with Gasteiger partial charge in [-0.05, 0) is 6.07 Å². The molecule has 0 amide bonds. The number of nitro groups is 1. The Balaban J connectivity index is 2.33. The molecular weight excluding hydrogens is 330 g/mol. The van der Waals surface area contributed by atoms with Gasteiger partial charge >= 0.3 is 11.7 Å². The van der Waals surface area contributed by atoms with E-state index in [0.717, 1.165) is 18.2 Å². The van der Waals surface area contributed by atoms with E-state index in [1.807, 2.05) is 0 Å². The number of aromatic carboxylic acids is 1. The number of carboxylic acids is 1. The monoisotopic (exact) mass is 345 g/mol. The van der Waals surface area contributed by atoms with E-state index in [1.165, 1.54) is 0 Å². The summed E-state index contributed by atoms with van der Waals surface area (Å²) in [7, 11) is 0. The highest BCUT2D eigenvalue weighted by Crippen LogP contribution is 2.32. The smallest absolute Gasteiger partial charge is 0.335 e. The molecule has 1 aliphatic rings. The van der Waals surface area contributed by atoms with Crippen molar-refractivity contribution in [2.24, 2.45) is 0 Å². The van der Waals surface area contributed by atoms with Crippen LogP contribution in [0.3, 0.4) is 0 Å². The predicted octanol–water partition coefficient (Wildman–Crippen LogP) is -1.53. The van der Waals surface area contributed by atoms with Crippen LogP contribution in [-0.2, 0) is 4.74 Å². The molecule has 1 aromatic rings. The van der Waals surface area contributed by atoms with E-state index in [4.69, 9.17) is 19.7 Å². The van der Waals surface area contributed by atoms with Crippen molar-refractivity contribution in [3.05, 3.63) is 33.9 Å². The third-order valence-corrected chi connectivity index (χ3v) is 3.50. The molecule has 5 N–H and O–H groups in total. The van der Waals surface area contributed by atoms with Crippen molar-refractivity contribution in [3.8, 4) is 5.75 Å². The number of aliphatic hydroxyl groups excluding tert-OH is 4. The highest BCUT2D eigenvalue weighted by molar-refractivity contribution is 5.88. The zero-order chi connectivity index (χ0) is 18.0. The van der Waals surface area contributed by atoms with E-state index in [-0.39, 0.29) is 5.56 Å². The summed E-state index contributed by atoms with van der Waals surface area (Å²) in [6.45, 7) is -0.706. The quantitative estimate of drug-likeness (QED) is 0.310. The molecule has 0 aliphatic carbocycles. The normalized spacial score (nSPS) is 29.9. The summed E-state index contributed by atoms with van der Waals surface area (Å²) < 4.78 is 10.2. The molecule has 11 heteroatoms. The Labute approximate surface area is 134 Å². The van der Waals surface area contributed by atoms with E-state index >= 15 is 0 Å². The van der Waals surface area contributed by atoms with Gasteiger partial charge in [0.05, 0.1) is 17.1 Å². The summed E-state index contributed by atoms with van der Waals surface area (Å²) in [4.78, 5) is 21.2. The number of hydrogen-bond acceptors (Lipinski definition) is 9. The van der Waals surface area contributed by atoms with Gasteiger partial charge in [0.25, 0.3) is 0 Å². The molecule has 0 aromatic heterocycles. The van der Waals surface area contributed by atoms with E-state index in [1.54, 1.807) is 0 Å². The third kappa shape index (κ3) is 3.44. The maximum absolute atomic E-state index is 11.0. The van der Waals surface area contributed by atoms with E-state index in [0.29, 0.717) is 0 Å². The molecule has 0 saturated carbocycles. The molecule has 11 nitrogen and oxygen atoms in total. The van der Waals surface area contributed by atoms with Crippen molar-refractivity contribution in [1.29, 1.82) is 0 Å². The van der Waals surface area contributed by atoms with E-state index in [2.05, 4.69) is 0 Å². The van der Waals surface area contributed by atoms with Gasteiger partial charge in [-0.15, -0.1) is 0 Å². The topological polar surface area (TPSA) is 180 Å². The standard InChI is InChI=1S/C13H15NO10/c15-4-8-9(16)10(17)11(18)13(24-8)23-7-3-5(12(19)20)1-2-6(7)14(21)22/h1-3,8-11,13,15-18H,4H2,(H,19,20)/t8-,9+,10+,11-,13-/m1/s1. The lowest BCUT2D eigenvalue weighted by atomic mass is 9.99. The van der Waals surface area contributed by atoms with Gasteiger partial charge in [0.15, 0.2) is 0 Å². The van der Waals surface area contributed by atoms with Gasteiger partial charge in [-0.2, -0.15) is 0 Å². The van der Waals surface area contributed by atoms with E-state index < -0.39 is 59.6 Å². The first-order valence-corrected chi connectivity index (χ1v) is 6.75. The highest BCUT2D eigenvalue weighted by Gasteiger charge is 2.45. The van der Waals surface area contributed by atoms with Crippen molar-refractivity contribution < 1.29 is 44.7 Å². The maximum Gasteiger partial charge on any atom is 0.335 e. The Bertz CT molecular complexity index is 633. The Morgan fingerprint density at radius 2 is 1.92 bits per heavy atom. The summed E-state index contributed by atoms with van der Waals surface area (Å²) in [5.41, 5.74) is -0.892. The minimum Gasteiger partial charge on any atom is -0.478 e. The molecule has 5 atom stereocenters. The average Bonchev–Trinajstić information content (AvgIpc) is 2.54. The van der Waals surface area contributed by atoms with Crippen LogP contribution in [0.1, 0.15) is 10.4 Å². The zero-order valence-corrected chi connectivity index (χ0v) is 12.1. The summed E-state index contributed by atoms with van der Waals surface area (Å²) >= 11 is 0. The molecule has 0 bridgehead atoms. The fraction of sp³-hybridized carbons (Fsp3) is 0.462. The predicted molar refractivity (Wildman–Crippen MR) is 74.5 cm³/mol. The van der Waals surface area contributed by atoms with Gasteiger partial charge in [0, 0.05) is 12.1 Å². The number of benzene rings is 1. The number of nitrogens with zero attached hydrogens (tertiary/aromatic N) is 1. The molecular formula is C13H15NO10. The first kappa shape index (κ1) is 18.0. The van der Waals surface area contributed by atoms with Crippen LogP contribution in [0.4, 0.5) is 5.69 Å². The summed E-state index contributed by atoms with van der Waals surface area (Å²) in [6, 6.07) is 2.77. The molecule has 1 heterocycles. The number of ether oxygens (including phenoxy) is 2. The Hall–Kier alpha value is -2.31.